The van der Waals surface area contributed by atoms with E-state index >= 15 is 0 Å². The summed E-state index contributed by atoms with van der Waals surface area (Å²) in [7, 11) is 5.66. The minimum absolute atomic E-state index is 0.0253. The van der Waals surface area contributed by atoms with Gasteiger partial charge in [0.05, 0.1) is 11.7 Å². The molecular formula is C15H26N4O. The lowest BCUT2D eigenvalue weighted by atomic mass is 9.88. The SMILES string of the molecule is CCc1cc(CC2CCNC(C(=O)N(C)C)C2)n(C)n1. The summed E-state index contributed by atoms with van der Waals surface area (Å²) in [6.07, 6.45) is 4.04. The van der Waals surface area contributed by atoms with E-state index in [0.29, 0.717) is 5.92 Å². The first kappa shape index (κ1) is 15.0. The molecule has 1 aromatic heterocycles. The molecule has 2 unspecified atom stereocenters. The largest absolute Gasteiger partial charge is 0.347 e. The summed E-state index contributed by atoms with van der Waals surface area (Å²) in [6.45, 7) is 3.05. The van der Waals surface area contributed by atoms with E-state index in [0.717, 1.165) is 37.9 Å². The number of aryl methyl sites for hydroxylation is 2. The fourth-order valence-corrected chi connectivity index (χ4v) is 2.91. The first-order valence-electron chi connectivity index (χ1n) is 7.47. The second kappa shape index (κ2) is 6.39. The molecule has 2 rings (SSSR count). The third kappa shape index (κ3) is 3.39. The van der Waals surface area contributed by atoms with E-state index in [1.807, 2.05) is 25.8 Å². The van der Waals surface area contributed by atoms with E-state index in [2.05, 4.69) is 23.4 Å². The van der Waals surface area contributed by atoms with Crippen molar-refractivity contribution in [1.29, 1.82) is 0 Å². The van der Waals surface area contributed by atoms with Gasteiger partial charge >= 0.3 is 0 Å². The Morgan fingerprint density at radius 3 is 2.90 bits per heavy atom. The standard InChI is InChI=1S/C15H26N4O/c1-5-12-10-13(19(4)17-12)8-11-6-7-16-14(9-11)15(20)18(2)3/h10-11,14,16H,5-9H2,1-4H3. The van der Waals surface area contributed by atoms with Crippen LogP contribution in [-0.2, 0) is 24.7 Å². The normalized spacial score (nSPS) is 22.8. The Kier molecular flexibility index (Phi) is 4.81. The van der Waals surface area contributed by atoms with E-state index in [1.54, 1.807) is 4.90 Å². The molecular weight excluding hydrogens is 252 g/mol. The second-order valence-electron chi connectivity index (χ2n) is 5.94. The Balaban J connectivity index is 1.99. The number of hydrogen-bond acceptors (Lipinski definition) is 3. The topological polar surface area (TPSA) is 50.2 Å². The minimum Gasteiger partial charge on any atom is -0.347 e. The van der Waals surface area contributed by atoms with Crippen LogP contribution in [0.4, 0.5) is 0 Å². The molecule has 0 spiro atoms. The van der Waals surface area contributed by atoms with Gasteiger partial charge in [0.2, 0.25) is 5.91 Å². The van der Waals surface area contributed by atoms with Crippen LogP contribution < -0.4 is 5.32 Å². The van der Waals surface area contributed by atoms with Gasteiger partial charge in [-0.3, -0.25) is 9.48 Å². The number of aromatic nitrogens is 2. The maximum absolute atomic E-state index is 12.1. The van der Waals surface area contributed by atoms with Gasteiger partial charge in [-0.25, -0.2) is 0 Å². The minimum atomic E-state index is -0.0253. The van der Waals surface area contributed by atoms with Crippen molar-refractivity contribution in [3.63, 3.8) is 0 Å². The smallest absolute Gasteiger partial charge is 0.239 e. The highest BCUT2D eigenvalue weighted by Gasteiger charge is 2.28. The lowest BCUT2D eigenvalue weighted by Gasteiger charge is -2.31. The molecule has 1 fully saturated rings. The van der Waals surface area contributed by atoms with Crippen LogP contribution in [0.5, 0.6) is 0 Å². The Morgan fingerprint density at radius 2 is 2.30 bits per heavy atom. The van der Waals surface area contributed by atoms with Crippen molar-refractivity contribution in [3.05, 3.63) is 17.5 Å². The van der Waals surface area contributed by atoms with E-state index in [-0.39, 0.29) is 11.9 Å². The van der Waals surface area contributed by atoms with Crippen molar-refractivity contribution < 1.29 is 4.79 Å². The zero-order valence-corrected chi connectivity index (χ0v) is 13.0. The number of amides is 1. The summed E-state index contributed by atoms with van der Waals surface area (Å²) >= 11 is 0. The number of hydrogen-bond donors (Lipinski definition) is 1. The third-order valence-electron chi connectivity index (χ3n) is 4.14. The Labute approximate surface area is 121 Å². The summed E-state index contributed by atoms with van der Waals surface area (Å²) in [6, 6.07) is 2.17. The summed E-state index contributed by atoms with van der Waals surface area (Å²) in [5.74, 6) is 0.749. The highest BCUT2D eigenvalue weighted by molar-refractivity contribution is 5.81. The third-order valence-corrected chi connectivity index (χ3v) is 4.14. The van der Waals surface area contributed by atoms with Crippen LogP contribution in [-0.4, -0.2) is 47.3 Å². The highest BCUT2D eigenvalue weighted by Crippen LogP contribution is 2.22. The molecule has 2 atom stereocenters. The van der Waals surface area contributed by atoms with Crippen molar-refractivity contribution >= 4 is 5.91 Å². The fourth-order valence-electron chi connectivity index (χ4n) is 2.91. The highest BCUT2D eigenvalue weighted by atomic mass is 16.2. The number of carbonyl (C=O) groups is 1. The molecule has 5 heteroatoms. The zero-order valence-electron chi connectivity index (χ0n) is 13.0. The predicted octanol–water partition coefficient (Wildman–Crippen LogP) is 0.981. The maximum Gasteiger partial charge on any atom is 0.239 e. The Bertz CT molecular complexity index is 466. The molecule has 0 bridgehead atoms. The molecule has 0 aliphatic carbocycles. The predicted molar refractivity (Wildman–Crippen MR) is 79.5 cm³/mol. The van der Waals surface area contributed by atoms with Crippen LogP contribution in [0, 0.1) is 5.92 Å². The van der Waals surface area contributed by atoms with Gasteiger partial charge in [0.1, 0.15) is 0 Å². The van der Waals surface area contributed by atoms with Gasteiger partial charge in [-0.1, -0.05) is 6.92 Å². The van der Waals surface area contributed by atoms with E-state index in [9.17, 15) is 4.79 Å². The van der Waals surface area contributed by atoms with Crippen molar-refractivity contribution in [2.24, 2.45) is 13.0 Å². The quantitative estimate of drug-likeness (QED) is 0.893. The lowest BCUT2D eigenvalue weighted by molar-refractivity contribution is -0.131. The van der Waals surface area contributed by atoms with Crippen LogP contribution in [0.1, 0.15) is 31.2 Å². The second-order valence-corrected chi connectivity index (χ2v) is 5.94. The van der Waals surface area contributed by atoms with Crippen molar-refractivity contribution in [2.75, 3.05) is 20.6 Å². The number of carbonyl (C=O) groups excluding carboxylic acids is 1. The number of rotatable bonds is 4. The molecule has 1 aromatic rings. The van der Waals surface area contributed by atoms with E-state index in [4.69, 9.17) is 0 Å². The van der Waals surface area contributed by atoms with Gasteiger partial charge in [0.15, 0.2) is 0 Å². The monoisotopic (exact) mass is 278 g/mol. The van der Waals surface area contributed by atoms with Gasteiger partial charge in [0.25, 0.3) is 0 Å². The van der Waals surface area contributed by atoms with Gasteiger partial charge in [0, 0.05) is 26.8 Å². The lowest BCUT2D eigenvalue weighted by Crippen LogP contribution is -2.48. The van der Waals surface area contributed by atoms with Crippen molar-refractivity contribution in [1.82, 2.24) is 20.0 Å². The molecule has 20 heavy (non-hydrogen) atoms. The Morgan fingerprint density at radius 1 is 1.55 bits per heavy atom. The molecule has 1 amide bonds. The molecule has 1 N–H and O–H groups in total. The van der Waals surface area contributed by atoms with Gasteiger partial charge in [-0.2, -0.15) is 5.10 Å². The van der Waals surface area contributed by atoms with Crippen LogP contribution in [0.15, 0.2) is 6.07 Å². The average molecular weight is 278 g/mol. The van der Waals surface area contributed by atoms with Crippen LogP contribution >= 0.6 is 0 Å². The fraction of sp³-hybridized carbons (Fsp3) is 0.733. The number of nitrogens with one attached hydrogen (secondary N) is 1. The van der Waals surface area contributed by atoms with Gasteiger partial charge < -0.3 is 10.2 Å². The molecule has 1 saturated heterocycles. The number of likely N-dealkylation sites (N-methyl/N-ethyl adjacent to an activating group) is 1. The molecule has 0 saturated carbocycles. The molecule has 1 aliphatic heterocycles. The van der Waals surface area contributed by atoms with Crippen LogP contribution in [0.25, 0.3) is 0 Å². The average Bonchev–Trinajstić information content (AvgIpc) is 2.79. The van der Waals surface area contributed by atoms with Crippen LogP contribution in [0.2, 0.25) is 0 Å². The van der Waals surface area contributed by atoms with E-state index < -0.39 is 0 Å². The van der Waals surface area contributed by atoms with E-state index in [1.165, 1.54) is 5.69 Å². The number of piperidine rings is 1. The Hall–Kier alpha value is -1.36. The first-order valence-corrected chi connectivity index (χ1v) is 7.47. The maximum atomic E-state index is 12.1. The first-order chi connectivity index (χ1) is 9.51. The molecule has 2 heterocycles. The van der Waals surface area contributed by atoms with Gasteiger partial charge in [-0.15, -0.1) is 0 Å². The van der Waals surface area contributed by atoms with Crippen molar-refractivity contribution in [3.8, 4) is 0 Å². The van der Waals surface area contributed by atoms with Crippen LogP contribution in [0.3, 0.4) is 0 Å². The summed E-state index contributed by atoms with van der Waals surface area (Å²) < 4.78 is 1.99. The molecule has 1 aliphatic rings. The molecule has 0 radical (unpaired) electrons. The zero-order chi connectivity index (χ0) is 14.7. The number of nitrogens with zero attached hydrogens (tertiary/aromatic N) is 3. The van der Waals surface area contributed by atoms with Crippen molar-refractivity contribution in [2.45, 2.75) is 38.6 Å². The molecule has 5 nitrogen and oxygen atoms in total. The summed E-state index contributed by atoms with van der Waals surface area (Å²) in [5.41, 5.74) is 2.43. The molecule has 112 valence electrons. The van der Waals surface area contributed by atoms with Gasteiger partial charge in [-0.05, 0) is 44.2 Å². The summed E-state index contributed by atoms with van der Waals surface area (Å²) in [4.78, 5) is 13.7. The molecule has 0 aromatic carbocycles. The summed E-state index contributed by atoms with van der Waals surface area (Å²) in [5, 5.41) is 7.84.